The van der Waals surface area contributed by atoms with Gasteiger partial charge in [0.05, 0.1) is 30.6 Å². The number of amides is 2. The second-order valence-electron chi connectivity index (χ2n) is 6.29. The van der Waals surface area contributed by atoms with Gasteiger partial charge in [0.25, 0.3) is 0 Å². The van der Waals surface area contributed by atoms with Crippen molar-refractivity contribution in [3.8, 4) is 0 Å². The first-order valence-corrected chi connectivity index (χ1v) is 8.72. The maximum absolute atomic E-state index is 12.1. The van der Waals surface area contributed by atoms with Crippen LogP contribution in [0.25, 0.3) is 10.9 Å². The Kier molecular flexibility index (Phi) is 4.75. The van der Waals surface area contributed by atoms with Crippen molar-refractivity contribution in [2.75, 3.05) is 18.5 Å². The molecule has 0 aliphatic carbocycles. The first kappa shape index (κ1) is 16.5. The SMILES string of the molecule is O=C(NCCc1ccc2ncccc2c1)Nc1cnc2c(c1)COCC2. The number of hydrogen-bond acceptors (Lipinski definition) is 4. The highest BCUT2D eigenvalue weighted by molar-refractivity contribution is 5.89. The van der Waals surface area contributed by atoms with Gasteiger partial charge in [0.1, 0.15) is 0 Å². The van der Waals surface area contributed by atoms with E-state index < -0.39 is 0 Å². The fourth-order valence-electron chi connectivity index (χ4n) is 3.08. The topological polar surface area (TPSA) is 76.1 Å². The number of carbonyl (C=O) groups is 1. The zero-order valence-electron chi connectivity index (χ0n) is 14.4. The van der Waals surface area contributed by atoms with Gasteiger partial charge in [-0.25, -0.2) is 4.79 Å². The van der Waals surface area contributed by atoms with E-state index in [0.717, 1.165) is 35.0 Å². The van der Waals surface area contributed by atoms with E-state index >= 15 is 0 Å². The Labute approximate surface area is 151 Å². The Hall–Kier alpha value is -2.99. The van der Waals surface area contributed by atoms with Crippen LogP contribution in [0.1, 0.15) is 16.8 Å². The molecule has 2 aromatic heterocycles. The predicted molar refractivity (Wildman–Crippen MR) is 100 cm³/mol. The maximum Gasteiger partial charge on any atom is 0.319 e. The van der Waals surface area contributed by atoms with Gasteiger partial charge in [0.15, 0.2) is 0 Å². The summed E-state index contributed by atoms with van der Waals surface area (Å²) in [5, 5.41) is 6.82. The van der Waals surface area contributed by atoms with Crippen LogP contribution in [0.5, 0.6) is 0 Å². The van der Waals surface area contributed by atoms with Crippen molar-refractivity contribution in [1.82, 2.24) is 15.3 Å². The molecule has 1 aliphatic rings. The van der Waals surface area contributed by atoms with E-state index in [0.29, 0.717) is 25.4 Å². The Morgan fingerprint density at radius 1 is 1.19 bits per heavy atom. The number of rotatable bonds is 4. The van der Waals surface area contributed by atoms with Crippen molar-refractivity contribution in [3.63, 3.8) is 0 Å². The summed E-state index contributed by atoms with van der Waals surface area (Å²) in [6.45, 7) is 1.81. The third-order valence-corrected chi connectivity index (χ3v) is 4.43. The zero-order chi connectivity index (χ0) is 17.8. The Morgan fingerprint density at radius 2 is 2.15 bits per heavy atom. The number of urea groups is 1. The van der Waals surface area contributed by atoms with Gasteiger partial charge in [-0.3, -0.25) is 9.97 Å². The molecule has 6 nitrogen and oxygen atoms in total. The van der Waals surface area contributed by atoms with Crippen LogP contribution in [-0.4, -0.2) is 29.2 Å². The average Bonchev–Trinajstić information content (AvgIpc) is 2.68. The van der Waals surface area contributed by atoms with Crippen molar-refractivity contribution in [1.29, 1.82) is 0 Å². The van der Waals surface area contributed by atoms with Crippen molar-refractivity contribution in [2.24, 2.45) is 0 Å². The van der Waals surface area contributed by atoms with Crippen LogP contribution < -0.4 is 10.6 Å². The lowest BCUT2D eigenvalue weighted by molar-refractivity contribution is 0.109. The molecule has 1 aromatic carbocycles. The molecule has 0 saturated carbocycles. The molecule has 2 amide bonds. The number of carbonyl (C=O) groups excluding carboxylic acids is 1. The smallest absolute Gasteiger partial charge is 0.319 e. The second kappa shape index (κ2) is 7.49. The number of nitrogens with one attached hydrogen (secondary N) is 2. The molecule has 4 rings (SSSR count). The molecule has 6 heteroatoms. The van der Waals surface area contributed by atoms with Gasteiger partial charge in [-0.2, -0.15) is 0 Å². The lowest BCUT2D eigenvalue weighted by Gasteiger charge is -2.16. The first-order chi connectivity index (χ1) is 12.8. The fourth-order valence-corrected chi connectivity index (χ4v) is 3.08. The number of anilines is 1. The number of fused-ring (bicyclic) bond motifs is 2. The average molecular weight is 348 g/mol. The highest BCUT2D eigenvalue weighted by atomic mass is 16.5. The van der Waals surface area contributed by atoms with Crippen molar-refractivity contribution >= 4 is 22.6 Å². The number of pyridine rings is 2. The maximum atomic E-state index is 12.1. The molecule has 1 aliphatic heterocycles. The van der Waals surface area contributed by atoms with E-state index in [1.165, 1.54) is 5.56 Å². The van der Waals surface area contributed by atoms with Crippen molar-refractivity contribution in [2.45, 2.75) is 19.4 Å². The normalized spacial score (nSPS) is 13.2. The number of nitrogens with zero attached hydrogens (tertiary/aromatic N) is 2. The minimum absolute atomic E-state index is 0.231. The third-order valence-electron chi connectivity index (χ3n) is 4.43. The minimum Gasteiger partial charge on any atom is -0.376 e. The van der Waals surface area contributed by atoms with Crippen molar-refractivity contribution in [3.05, 3.63) is 65.6 Å². The zero-order valence-corrected chi connectivity index (χ0v) is 14.4. The fraction of sp³-hybridized carbons (Fsp3) is 0.250. The summed E-state index contributed by atoms with van der Waals surface area (Å²) in [4.78, 5) is 20.8. The lowest BCUT2D eigenvalue weighted by atomic mass is 10.1. The summed E-state index contributed by atoms with van der Waals surface area (Å²) in [5.41, 5.74) is 4.92. The molecular formula is C20H20N4O2. The highest BCUT2D eigenvalue weighted by Gasteiger charge is 2.12. The lowest BCUT2D eigenvalue weighted by Crippen LogP contribution is -2.30. The van der Waals surface area contributed by atoms with Crippen LogP contribution in [0.3, 0.4) is 0 Å². The Balaban J connectivity index is 1.31. The van der Waals surface area contributed by atoms with Crippen LogP contribution in [0.2, 0.25) is 0 Å². The van der Waals surface area contributed by atoms with E-state index in [9.17, 15) is 4.79 Å². The molecule has 2 N–H and O–H groups in total. The van der Waals surface area contributed by atoms with E-state index in [4.69, 9.17) is 4.74 Å². The molecule has 0 unspecified atom stereocenters. The third kappa shape index (κ3) is 3.81. The number of benzene rings is 1. The van der Waals surface area contributed by atoms with Crippen LogP contribution in [0.4, 0.5) is 10.5 Å². The van der Waals surface area contributed by atoms with Gasteiger partial charge in [-0.05, 0) is 36.2 Å². The molecule has 3 aromatic rings. The summed E-state index contributed by atoms with van der Waals surface area (Å²) in [5.74, 6) is 0. The summed E-state index contributed by atoms with van der Waals surface area (Å²) >= 11 is 0. The van der Waals surface area contributed by atoms with E-state index in [1.807, 2.05) is 30.3 Å². The molecule has 0 atom stereocenters. The van der Waals surface area contributed by atoms with Crippen molar-refractivity contribution < 1.29 is 9.53 Å². The van der Waals surface area contributed by atoms with Crippen LogP contribution in [0, 0.1) is 0 Å². The summed E-state index contributed by atoms with van der Waals surface area (Å²) in [6.07, 6.45) is 5.06. The van der Waals surface area contributed by atoms with Gasteiger partial charge in [-0.15, -0.1) is 0 Å². The minimum atomic E-state index is -0.231. The Bertz CT molecular complexity index is 942. The molecule has 0 saturated heterocycles. The standard InChI is InChI=1S/C20H20N4O2/c25-20(24-17-11-16-13-26-9-6-19(16)23-12-17)22-8-5-14-3-4-18-15(10-14)2-1-7-21-18/h1-4,7,10-12H,5-6,8-9,13H2,(H2,22,24,25). The molecule has 0 bridgehead atoms. The summed E-state index contributed by atoms with van der Waals surface area (Å²) < 4.78 is 5.43. The van der Waals surface area contributed by atoms with Crippen LogP contribution >= 0.6 is 0 Å². The van der Waals surface area contributed by atoms with E-state index in [1.54, 1.807) is 12.4 Å². The van der Waals surface area contributed by atoms with Crippen LogP contribution in [-0.2, 0) is 24.2 Å². The van der Waals surface area contributed by atoms with Gasteiger partial charge in [0, 0.05) is 35.8 Å². The van der Waals surface area contributed by atoms with E-state index in [2.05, 4.69) is 26.7 Å². The number of aromatic nitrogens is 2. The summed E-state index contributed by atoms with van der Waals surface area (Å²) in [7, 11) is 0. The monoisotopic (exact) mass is 348 g/mol. The van der Waals surface area contributed by atoms with Gasteiger partial charge < -0.3 is 15.4 Å². The number of hydrogen-bond donors (Lipinski definition) is 2. The molecule has 0 fully saturated rings. The second-order valence-corrected chi connectivity index (χ2v) is 6.29. The molecule has 3 heterocycles. The molecule has 0 radical (unpaired) electrons. The molecule has 26 heavy (non-hydrogen) atoms. The van der Waals surface area contributed by atoms with Gasteiger partial charge in [-0.1, -0.05) is 12.1 Å². The molecule has 132 valence electrons. The Morgan fingerprint density at radius 3 is 3.12 bits per heavy atom. The summed E-state index contributed by atoms with van der Waals surface area (Å²) in [6, 6.07) is 11.8. The largest absolute Gasteiger partial charge is 0.376 e. The van der Waals surface area contributed by atoms with E-state index in [-0.39, 0.29) is 6.03 Å². The highest BCUT2D eigenvalue weighted by Crippen LogP contribution is 2.18. The molecular weight excluding hydrogens is 328 g/mol. The van der Waals surface area contributed by atoms with Crippen LogP contribution in [0.15, 0.2) is 48.8 Å². The molecule has 0 spiro atoms. The van der Waals surface area contributed by atoms with Gasteiger partial charge >= 0.3 is 6.03 Å². The number of ether oxygens (including phenoxy) is 1. The predicted octanol–water partition coefficient (Wildman–Crippen LogP) is 3.07. The first-order valence-electron chi connectivity index (χ1n) is 8.72. The quantitative estimate of drug-likeness (QED) is 0.760. The van der Waals surface area contributed by atoms with Gasteiger partial charge in [0.2, 0.25) is 0 Å².